The summed E-state index contributed by atoms with van der Waals surface area (Å²) in [5, 5.41) is 3.75. The number of pyridine rings is 2. The Hall–Kier alpha value is -3.43. The Morgan fingerprint density at radius 3 is 2.63 bits per heavy atom. The van der Waals surface area contributed by atoms with E-state index in [1.807, 2.05) is 0 Å². The molecule has 3 aromatic heterocycles. The number of methoxy groups -OCH3 is 1. The van der Waals surface area contributed by atoms with E-state index in [1.165, 1.54) is 24.4 Å². The molecule has 1 aliphatic heterocycles. The van der Waals surface area contributed by atoms with Crippen molar-refractivity contribution in [1.82, 2.24) is 19.7 Å². The molecular weight excluding hydrogens is 399 g/mol. The highest BCUT2D eigenvalue weighted by Gasteiger charge is 2.46. The average Bonchev–Trinajstić information content (AvgIpc) is 3.20. The molecule has 0 radical (unpaired) electrons. The van der Waals surface area contributed by atoms with Crippen LogP contribution in [0.25, 0.3) is 11.3 Å². The van der Waals surface area contributed by atoms with Gasteiger partial charge >= 0.3 is 6.18 Å². The molecule has 0 unspecified atom stereocenters. The van der Waals surface area contributed by atoms with Gasteiger partial charge in [-0.15, -0.1) is 0 Å². The summed E-state index contributed by atoms with van der Waals surface area (Å²) in [6, 6.07) is 5.16. The van der Waals surface area contributed by atoms with Crippen molar-refractivity contribution >= 4 is 11.6 Å². The lowest BCUT2D eigenvalue weighted by Gasteiger charge is -2.30. The molecule has 0 N–H and O–H groups in total. The number of hydrogen-bond donors (Lipinski definition) is 0. The van der Waals surface area contributed by atoms with Crippen molar-refractivity contribution in [2.45, 2.75) is 32.1 Å². The van der Waals surface area contributed by atoms with Gasteiger partial charge in [-0.25, -0.2) is 4.98 Å². The van der Waals surface area contributed by atoms with Crippen molar-refractivity contribution < 1.29 is 22.7 Å². The highest BCUT2D eigenvalue weighted by Crippen LogP contribution is 2.41. The first-order valence-corrected chi connectivity index (χ1v) is 9.05. The van der Waals surface area contributed by atoms with Gasteiger partial charge in [0.1, 0.15) is 12.3 Å². The van der Waals surface area contributed by atoms with Gasteiger partial charge < -0.3 is 4.74 Å². The van der Waals surface area contributed by atoms with Crippen LogP contribution < -0.4 is 9.64 Å². The zero-order valence-corrected chi connectivity index (χ0v) is 16.4. The van der Waals surface area contributed by atoms with Gasteiger partial charge in [0.15, 0.2) is 0 Å². The Labute approximate surface area is 170 Å². The molecule has 10 heteroatoms. The van der Waals surface area contributed by atoms with Crippen LogP contribution in [0.4, 0.5) is 18.9 Å². The molecule has 0 aromatic carbocycles. The number of rotatable bonds is 4. The van der Waals surface area contributed by atoms with Gasteiger partial charge in [-0.2, -0.15) is 18.3 Å². The summed E-state index contributed by atoms with van der Waals surface area (Å²) in [6.45, 7) is 2.35. The Bertz CT molecular complexity index is 1120. The van der Waals surface area contributed by atoms with Crippen LogP contribution in [0.5, 0.6) is 5.75 Å². The fraction of sp³-hybridized carbons (Fsp3) is 0.300. The van der Waals surface area contributed by atoms with E-state index < -0.39 is 18.3 Å². The lowest BCUT2D eigenvalue weighted by atomic mass is 9.98. The number of amides is 1. The molecule has 1 amide bonds. The van der Waals surface area contributed by atoms with Gasteiger partial charge in [-0.1, -0.05) is 0 Å². The molecule has 0 spiro atoms. The molecule has 3 aromatic rings. The third-order valence-corrected chi connectivity index (χ3v) is 4.93. The molecule has 0 fully saturated rings. The van der Waals surface area contributed by atoms with Gasteiger partial charge in [0.2, 0.25) is 0 Å². The number of fused-ring (bicyclic) bond motifs is 1. The largest absolute Gasteiger partial charge is 0.495 e. The fourth-order valence-corrected chi connectivity index (χ4v) is 3.59. The Balaban J connectivity index is 1.72. The number of anilines is 1. The lowest BCUT2D eigenvalue weighted by Crippen LogP contribution is -2.39. The molecule has 156 valence electrons. The zero-order chi connectivity index (χ0) is 21.7. The normalized spacial score (nSPS) is 15.4. The summed E-state index contributed by atoms with van der Waals surface area (Å²) in [6.07, 6.45) is 1.28. The SMILES string of the molecule is COc1cncc(-c2ccc3c(n2)C(C)(C)N(c2cnn(CC(F)(F)F)c2)C3=O)c1. The van der Waals surface area contributed by atoms with Crippen LogP contribution in [0.15, 0.2) is 43.0 Å². The summed E-state index contributed by atoms with van der Waals surface area (Å²) in [7, 11) is 1.54. The van der Waals surface area contributed by atoms with Crippen LogP contribution in [-0.4, -0.2) is 38.9 Å². The minimum Gasteiger partial charge on any atom is -0.495 e. The first-order valence-electron chi connectivity index (χ1n) is 9.05. The predicted molar refractivity (Wildman–Crippen MR) is 102 cm³/mol. The minimum atomic E-state index is -4.40. The van der Waals surface area contributed by atoms with Crippen molar-refractivity contribution in [2.24, 2.45) is 0 Å². The van der Waals surface area contributed by atoms with Crippen LogP contribution in [0.3, 0.4) is 0 Å². The number of nitrogens with zero attached hydrogens (tertiary/aromatic N) is 5. The number of carbonyl (C=O) groups is 1. The van der Waals surface area contributed by atoms with E-state index in [0.29, 0.717) is 22.7 Å². The van der Waals surface area contributed by atoms with E-state index in [0.717, 1.165) is 10.2 Å². The second-order valence-corrected chi connectivity index (χ2v) is 7.42. The first kappa shape index (κ1) is 19.9. The minimum absolute atomic E-state index is 0.275. The number of ether oxygens (including phenoxy) is 1. The van der Waals surface area contributed by atoms with E-state index in [2.05, 4.69) is 15.1 Å². The van der Waals surface area contributed by atoms with Crippen LogP contribution in [0.1, 0.15) is 29.9 Å². The van der Waals surface area contributed by atoms with Crippen molar-refractivity contribution in [1.29, 1.82) is 0 Å². The summed E-state index contributed by atoms with van der Waals surface area (Å²) < 4.78 is 44.0. The molecule has 7 nitrogen and oxygen atoms in total. The monoisotopic (exact) mass is 417 g/mol. The third-order valence-electron chi connectivity index (χ3n) is 4.93. The lowest BCUT2D eigenvalue weighted by molar-refractivity contribution is -0.142. The molecule has 0 saturated heterocycles. The quantitative estimate of drug-likeness (QED) is 0.646. The van der Waals surface area contributed by atoms with Crippen molar-refractivity contribution in [3.8, 4) is 17.0 Å². The summed E-state index contributed by atoms with van der Waals surface area (Å²) in [5.41, 5.74) is 1.63. The maximum Gasteiger partial charge on any atom is 0.408 e. The highest BCUT2D eigenvalue weighted by molar-refractivity contribution is 6.11. The summed E-state index contributed by atoms with van der Waals surface area (Å²) in [4.78, 5) is 23.3. The van der Waals surface area contributed by atoms with Crippen LogP contribution in [-0.2, 0) is 12.1 Å². The first-order chi connectivity index (χ1) is 14.1. The predicted octanol–water partition coefficient (Wildman–Crippen LogP) is 3.81. The maximum absolute atomic E-state index is 13.0. The van der Waals surface area contributed by atoms with Crippen LogP contribution >= 0.6 is 0 Å². The summed E-state index contributed by atoms with van der Waals surface area (Å²) >= 11 is 0. The average molecular weight is 417 g/mol. The Morgan fingerprint density at radius 1 is 1.17 bits per heavy atom. The van der Waals surface area contributed by atoms with E-state index >= 15 is 0 Å². The molecule has 30 heavy (non-hydrogen) atoms. The van der Waals surface area contributed by atoms with Crippen LogP contribution in [0, 0.1) is 0 Å². The van der Waals surface area contributed by atoms with Crippen molar-refractivity contribution in [2.75, 3.05) is 12.0 Å². The number of alkyl halides is 3. The Kier molecular flexibility index (Phi) is 4.52. The number of carbonyl (C=O) groups excluding carboxylic acids is 1. The Morgan fingerprint density at radius 2 is 1.93 bits per heavy atom. The number of halogens is 3. The van der Waals surface area contributed by atoms with Crippen molar-refractivity contribution in [3.63, 3.8) is 0 Å². The second-order valence-electron chi connectivity index (χ2n) is 7.42. The maximum atomic E-state index is 13.0. The van der Waals surface area contributed by atoms with Gasteiger partial charge in [0.25, 0.3) is 5.91 Å². The van der Waals surface area contributed by atoms with Gasteiger partial charge in [0, 0.05) is 18.0 Å². The van der Waals surface area contributed by atoms with Gasteiger partial charge in [0.05, 0.1) is 47.7 Å². The van der Waals surface area contributed by atoms with E-state index in [-0.39, 0.29) is 11.6 Å². The van der Waals surface area contributed by atoms with E-state index in [1.54, 1.807) is 44.4 Å². The summed E-state index contributed by atoms with van der Waals surface area (Å²) in [5.74, 6) is 0.230. The fourth-order valence-electron chi connectivity index (χ4n) is 3.59. The molecule has 4 rings (SSSR count). The molecule has 0 aliphatic carbocycles. The van der Waals surface area contributed by atoms with Gasteiger partial charge in [-0.05, 0) is 32.0 Å². The highest BCUT2D eigenvalue weighted by atomic mass is 19.4. The second kappa shape index (κ2) is 6.82. The van der Waals surface area contributed by atoms with E-state index in [9.17, 15) is 18.0 Å². The molecule has 0 saturated carbocycles. The molecule has 1 aliphatic rings. The standard InChI is InChI=1S/C20H18F3N5O2/c1-19(2)17-15(4-5-16(26-17)12-6-14(30-3)9-24-7-12)18(29)28(19)13-8-25-27(10-13)11-20(21,22)23/h4-10H,11H2,1-3H3. The van der Waals surface area contributed by atoms with E-state index in [4.69, 9.17) is 4.74 Å². The topological polar surface area (TPSA) is 73.1 Å². The molecule has 0 atom stereocenters. The van der Waals surface area contributed by atoms with Gasteiger partial charge in [-0.3, -0.25) is 19.4 Å². The smallest absolute Gasteiger partial charge is 0.408 e. The number of aromatic nitrogens is 4. The van der Waals surface area contributed by atoms with Crippen molar-refractivity contribution in [3.05, 3.63) is 54.2 Å². The molecule has 4 heterocycles. The molecular formula is C20H18F3N5O2. The van der Waals surface area contributed by atoms with Crippen LogP contribution in [0.2, 0.25) is 0 Å². The third kappa shape index (κ3) is 3.38. The molecule has 0 bridgehead atoms. The zero-order valence-electron chi connectivity index (χ0n) is 16.4. The number of hydrogen-bond acceptors (Lipinski definition) is 5.